The predicted octanol–water partition coefficient (Wildman–Crippen LogP) is 2.53. The first-order valence-corrected chi connectivity index (χ1v) is 8.09. The van der Waals surface area contributed by atoms with Crippen LogP contribution in [0.1, 0.15) is 31.2 Å². The molecule has 4 nitrogen and oxygen atoms in total. The summed E-state index contributed by atoms with van der Waals surface area (Å²) >= 11 is 0. The van der Waals surface area contributed by atoms with Gasteiger partial charge < -0.3 is 14.9 Å². The molecular formula is C16H22F3N3O. The van der Waals surface area contributed by atoms with Crippen molar-refractivity contribution >= 4 is 5.82 Å². The Morgan fingerprint density at radius 2 is 1.87 bits per heavy atom. The normalized spacial score (nSPS) is 26.7. The number of pyridine rings is 1. The van der Waals surface area contributed by atoms with Crippen LogP contribution in [0.5, 0.6) is 0 Å². The zero-order chi connectivity index (χ0) is 16.5. The lowest BCUT2D eigenvalue weighted by Crippen LogP contribution is -2.46. The van der Waals surface area contributed by atoms with E-state index >= 15 is 0 Å². The van der Waals surface area contributed by atoms with Gasteiger partial charge in [-0.15, -0.1) is 0 Å². The van der Waals surface area contributed by atoms with Crippen LogP contribution in [-0.4, -0.2) is 53.3 Å². The number of piperidine rings is 1. The second-order valence-corrected chi connectivity index (χ2v) is 6.64. The largest absolute Gasteiger partial charge is 0.417 e. The molecule has 2 fully saturated rings. The van der Waals surface area contributed by atoms with Crippen LogP contribution < -0.4 is 4.90 Å². The molecule has 3 rings (SSSR count). The molecule has 3 heterocycles. The van der Waals surface area contributed by atoms with E-state index < -0.39 is 17.3 Å². The number of rotatable bonds is 3. The van der Waals surface area contributed by atoms with Gasteiger partial charge in [-0.2, -0.15) is 13.2 Å². The maximum atomic E-state index is 12.6. The Balaban J connectivity index is 1.62. The molecule has 128 valence electrons. The Morgan fingerprint density at radius 3 is 2.48 bits per heavy atom. The fraction of sp³-hybridized carbons (Fsp3) is 0.688. The van der Waals surface area contributed by atoms with E-state index in [1.165, 1.54) is 25.3 Å². The van der Waals surface area contributed by atoms with Crippen LogP contribution in [-0.2, 0) is 6.18 Å². The average molecular weight is 329 g/mol. The van der Waals surface area contributed by atoms with Crippen molar-refractivity contribution in [1.82, 2.24) is 9.88 Å². The van der Waals surface area contributed by atoms with Gasteiger partial charge in [-0.1, -0.05) is 6.42 Å². The summed E-state index contributed by atoms with van der Waals surface area (Å²) in [5, 5.41) is 10.8. The highest BCUT2D eigenvalue weighted by atomic mass is 19.4. The zero-order valence-corrected chi connectivity index (χ0v) is 13.0. The molecule has 0 aromatic carbocycles. The zero-order valence-electron chi connectivity index (χ0n) is 13.0. The van der Waals surface area contributed by atoms with Gasteiger partial charge in [0.05, 0.1) is 11.2 Å². The van der Waals surface area contributed by atoms with E-state index in [9.17, 15) is 18.3 Å². The summed E-state index contributed by atoms with van der Waals surface area (Å²) in [7, 11) is 0. The van der Waals surface area contributed by atoms with E-state index in [0.717, 1.165) is 25.4 Å². The molecule has 1 unspecified atom stereocenters. The number of β-amino-alcohol motifs (C(OH)–C–C–N with tert-alkyl or cyclic N) is 1. The van der Waals surface area contributed by atoms with Crippen molar-refractivity contribution in [3.05, 3.63) is 23.9 Å². The van der Waals surface area contributed by atoms with Gasteiger partial charge in [-0.3, -0.25) is 0 Å². The van der Waals surface area contributed by atoms with Gasteiger partial charge >= 0.3 is 6.18 Å². The summed E-state index contributed by atoms with van der Waals surface area (Å²) in [5.74, 6) is 0.493. The first kappa shape index (κ1) is 16.5. The molecule has 0 radical (unpaired) electrons. The third-order valence-corrected chi connectivity index (χ3v) is 4.70. The summed E-state index contributed by atoms with van der Waals surface area (Å²) in [4.78, 5) is 8.07. The van der Waals surface area contributed by atoms with E-state index in [4.69, 9.17) is 0 Å². The molecule has 0 aliphatic carbocycles. The number of likely N-dealkylation sites (tertiary alicyclic amines) is 1. The second-order valence-electron chi connectivity index (χ2n) is 6.64. The third kappa shape index (κ3) is 3.95. The van der Waals surface area contributed by atoms with E-state index in [-0.39, 0.29) is 0 Å². The first-order valence-electron chi connectivity index (χ1n) is 8.09. The lowest BCUT2D eigenvalue weighted by Gasteiger charge is -2.33. The van der Waals surface area contributed by atoms with Crippen molar-refractivity contribution in [2.75, 3.05) is 37.6 Å². The minimum Gasteiger partial charge on any atom is -0.387 e. The third-order valence-electron chi connectivity index (χ3n) is 4.70. The summed E-state index contributed by atoms with van der Waals surface area (Å²) in [6, 6.07) is 2.43. The van der Waals surface area contributed by atoms with Crippen molar-refractivity contribution in [1.29, 1.82) is 0 Å². The molecule has 7 heteroatoms. The second kappa shape index (κ2) is 6.28. The Bertz CT molecular complexity index is 528. The minimum absolute atomic E-state index is 0.419. The van der Waals surface area contributed by atoms with Crippen molar-refractivity contribution < 1.29 is 18.3 Å². The van der Waals surface area contributed by atoms with Crippen LogP contribution >= 0.6 is 0 Å². The van der Waals surface area contributed by atoms with Crippen molar-refractivity contribution in [2.45, 2.75) is 37.5 Å². The molecule has 0 bridgehead atoms. The van der Waals surface area contributed by atoms with Crippen LogP contribution in [0.15, 0.2) is 18.3 Å². The van der Waals surface area contributed by atoms with E-state index in [1.54, 1.807) is 0 Å². The van der Waals surface area contributed by atoms with Gasteiger partial charge in [0.2, 0.25) is 0 Å². The van der Waals surface area contributed by atoms with Crippen LogP contribution in [0.25, 0.3) is 0 Å². The highest BCUT2D eigenvalue weighted by Gasteiger charge is 2.38. The molecule has 1 aromatic heterocycles. The molecule has 1 atom stereocenters. The maximum Gasteiger partial charge on any atom is 0.417 e. The fourth-order valence-electron chi connectivity index (χ4n) is 3.46. The Hall–Kier alpha value is -1.34. The predicted molar refractivity (Wildman–Crippen MR) is 81.3 cm³/mol. The molecular weight excluding hydrogens is 307 g/mol. The number of hydrogen-bond acceptors (Lipinski definition) is 4. The molecule has 1 aromatic rings. The number of aromatic nitrogens is 1. The number of alkyl halides is 3. The van der Waals surface area contributed by atoms with Crippen molar-refractivity contribution in [2.24, 2.45) is 0 Å². The monoisotopic (exact) mass is 329 g/mol. The Morgan fingerprint density at radius 1 is 1.13 bits per heavy atom. The fourth-order valence-corrected chi connectivity index (χ4v) is 3.46. The van der Waals surface area contributed by atoms with Crippen molar-refractivity contribution in [3.8, 4) is 0 Å². The highest BCUT2D eigenvalue weighted by molar-refractivity contribution is 5.42. The van der Waals surface area contributed by atoms with Gasteiger partial charge in [-0.05, 0) is 44.5 Å². The van der Waals surface area contributed by atoms with Crippen LogP contribution in [0.2, 0.25) is 0 Å². The molecule has 0 amide bonds. The number of aliphatic hydroxyl groups is 1. The minimum atomic E-state index is -4.37. The summed E-state index contributed by atoms with van der Waals surface area (Å²) in [6.45, 7) is 3.69. The van der Waals surface area contributed by atoms with Crippen LogP contribution in [0.3, 0.4) is 0 Å². The number of nitrogens with zero attached hydrogens (tertiary/aromatic N) is 3. The summed E-state index contributed by atoms with van der Waals surface area (Å²) in [5.41, 5.74) is -1.55. The first-order chi connectivity index (χ1) is 10.9. The topological polar surface area (TPSA) is 39.6 Å². The quantitative estimate of drug-likeness (QED) is 0.925. The van der Waals surface area contributed by atoms with E-state index in [2.05, 4.69) is 9.88 Å². The molecule has 1 N–H and O–H groups in total. The average Bonchev–Trinajstić information content (AvgIpc) is 2.89. The standard InChI is InChI=1S/C16H22F3N3O/c17-16(18,19)13-4-5-14(20-10-13)22-9-6-15(23,12-22)11-21-7-2-1-3-8-21/h4-5,10,23H,1-3,6-9,11-12H2. The van der Waals surface area contributed by atoms with E-state index in [1.807, 2.05) is 4.90 Å². The van der Waals surface area contributed by atoms with E-state index in [0.29, 0.717) is 31.9 Å². The number of hydrogen-bond donors (Lipinski definition) is 1. The molecule has 0 saturated carbocycles. The lowest BCUT2D eigenvalue weighted by atomic mass is 10.0. The molecule has 2 aliphatic rings. The SMILES string of the molecule is OC1(CN2CCCCC2)CCN(c2ccc(C(F)(F)F)cn2)C1. The number of anilines is 1. The maximum absolute atomic E-state index is 12.6. The molecule has 2 saturated heterocycles. The summed E-state index contributed by atoms with van der Waals surface area (Å²) in [6.07, 6.45) is 0.687. The molecule has 2 aliphatic heterocycles. The van der Waals surface area contributed by atoms with Gasteiger partial charge in [0.25, 0.3) is 0 Å². The van der Waals surface area contributed by atoms with Crippen LogP contribution in [0.4, 0.5) is 19.0 Å². The van der Waals surface area contributed by atoms with Crippen molar-refractivity contribution in [3.63, 3.8) is 0 Å². The summed E-state index contributed by atoms with van der Waals surface area (Å²) < 4.78 is 37.7. The smallest absolute Gasteiger partial charge is 0.387 e. The highest BCUT2D eigenvalue weighted by Crippen LogP contribution is 2.31. The Kier molecular flexibility index (Phi) is 4.51. The van der Waals surface area contributed by atoms with Gasteiger partial charge in [-0.25, -0.2) is 4.98 Å². The molecule has 0 spiro atoms. The Labute approximate surface area is 133 Å². The van der Waals surface area contributed by atoms with Gasteiger partial charge in [0.15, 0.2) is 0 Å². The number of halogens is 3. The van der Waals surface area contributed by atoms with Gasteiger partial charge in [0.1, 0.15) is 5.82 Å². The molecule has 23 heavy (non-hydrogen) atoms. The van der Waals surface area contributed by atoms with Crippen LogP contribution in [0, 0.1) is 0 Å². The lowest BCUT2D eigenvalue weighted by molar-refractivity contribution is -0.137. The van der Waals surface area contributed by atoms with Gasteiger partial charge in [0, 0.05) is 25.8 Å².